The first-order chi connectivity index (χ1) is 14.9. The van der Waals surface area contributed by atoms with Gasteiger partial charge in [-0.3, -0.25) is 24.6 Å². The molecule has 2 heterocycles. The van der Waals surface area contributed by atoms with Crippen molar-refractivity contribution in [2.45, 2.75) is 13.8 Å². The lowest BCUT2D eigenvalue weighted by atomic mass is 10.0. The average Bonchev–Trinajstić information content (AvgIpc) is 3.03. The van der Waals surface area contributed by atoms with Gasteiger partial charge in [0.2, 0.25) is 0 Å². The van der Waals surface area contributed by atoms with E-state index in [1.807, 2.05) is 11.0 Å². The van der Waals surface area contributed by atoms with Crippen molar-refractivity contribution in [1.29, 1.82) is 0 Å². The molecule has 0 saturated carbocycles. The Morgan fingerprint density at radius 3 is 2.16 bits per heavy atom. The van der Waals surface area contributed by atoms with Crippen LogP contribution in [0.2, 0.25) is 0 Å². The summed E-state index contributed by atoms with van der Waals surface area (Å²) in [7, 11) is 0. The highest BCUT2D eigenvalue weighted by atomic mass is 16.6. The number of benzene rings is 2. The van der Waals surface area contributed by atoms with E-state index in [-0.39, 0.29) is 24.0 Å². The first-order valence-electron chi connectivity index (χ1n) is 10.3. The second-order valence-corrected chi connectivity index (χ2v) is 7.70. The number of carbonyl (C=O) groups excluding carboxylic acids is 2. The molecule has 8 nitrogen and oxygen atoms in total. The van der Waals surface area contributed by atoms with Crippen LogP contribution in [0.1, 0.15) is 18.1 Å². The fourth-order valence-corrected chi connectivity index (χ4v) is 4.17. The van der Waals surface area contributed by atoms with Crippen molar-refractivity contribution in [3.63, 3.8) is 0 Å². The molecule has 0 radical (unpaired) electrons. The van der Waals surface area contributed by atoms with Crippen molar-refractivity contribution in [1.82, 2.24) is 9.80 Å². The summed E-state index contributed by atoms with van der Waals surface area (Å²) >= 11 is 0. The summed E-state index contributed by atoms with van der Waals surface area (Å²) in [6, 6.07) is 14.1. The summed E-state index contributed by atoms with van der Waals surface area (Å²) in [4.78, 5) is 42.1. The van der Waals surface area contributed by atoms with Gasteiger partial charge in [0, 0.05) is 50.5 Å². The highest BCUT2D eigenvalue weighted by Crippen LogP contribution is 2.33. The number of hydrogen-bond acceptors (Lipinski definition) is 6. The van der Waals surface area contributed by atoms with Crippen molar-refractivity contribution in [2.24, 2.45) is 0 Å². The predicted molar refractivity (Wildman–Crippen MR) is 117 cm³/mol. The molecule has 31 heavy (non-hydrogen) atoms. The van der Waals surface area contributed by atoms with Crippen LogP contribution < -0.4 is 4.90 Å². The van der Waals surface area contributed by atoms with Crippen LogP contribution in [0.4, 0.5) is 11.4 Å². The number of anilines is 1. The number of non-ortho nitro benzene ring substituents is 1. The minimum atomic E-state index is -0.483. The molecule has 2 aromatic rings. The molecule has 0 bridgehead atoms. The van der Waals surface area contributed by atoms with Crippen molar-refractivity contribution in [3.8, 4) is 0 Å². The zero-order valence-electron chi connectivity index (χ0n) is 17.6. The molecule has 2 amide bonds. The number of likely N-dealkylation sites (N-methyl/N-ethyl adjacent to an activating group) is 1. The summed E-state index contributed by atoms with van der Waals surface area (Å²) in [5.41, 5.74) is 3.53. The second kappa shape index (κ2) is 8.22. The van der Waals surface area contributed by atoms with Gasteiger partial charge in [-0.2, -0.15) is 0 Å². The van der Waals surface area contributed by atoms with Gasteiger partial charge < -0.3 is 9.80 Å². The number of piperazine rings is 1. The number of hydrogen-bond donors (Lipinski definition) is 0. The number of rotatable bonds is 5. The zero-order chi connectivity index (χ0) is 22.1. The van der Waals surface area contributed by atoms with Gasteiger partial charge in [-0.05, 0) is 49.2 Å². The van der Waals surface area contributed by atoms with E-state index < -0.39 is 4.92 Å². The summed E-state index contributed by atoms with van der Waals surface area (Å²) in [6.07, 6.45) is 0. The largest absolute Gasteiger partial charge is 0.368 e. The topological polar surface area (TPSA) is 87.0 Å². The normalized spacial score (nSPS) is 17.0. The second-order valence-electron chi connectivity index (χ2n) is 7.70. The van der Waals surface area contributed by atoms with E-state index in [0.717, 1.165) is 18.8 Å². The van der Waals surface area contributed by atoms with Crippen molar-refractivity contribution in [2.75, 3.05) is 37.6 Å². The molecule has 1 fully saturated rings. The highest BCUT2D eigenvalue weighted by molar-refractivity contribution is 6.35. The molecule has 2 aliphatic heterocycles. The SMILES string of the molecule is CCN1C(=O)C(c2ccc([N+](=O)[O-])cc2)=C(N2CCN(c3cccc(C)c3)CC2)C1=O. The number of nitro benzene ring substituents is 1. The Morgan fingerprint density at radius 2 is 1.58 bits per heavy atom. The van der Waals surface area contributed by atoms with Gasteiger partial charge in [0.1, 0.15) is 5.70 Å². The number of nitrogens with zero attached hydrogens (tertiary/aromatic N) is 4. The molecule has 2 aromatic carbocycles. The molecule has 0 atom stereocenters. The summed E-state index contributed by atoms with van der Waals surface area (Å²) in [5, 5.41) is 11.0. The van der Waals surface area contributed by atoms with E-state index in [1.54, 1.807) is 19.1 Å². The van der Waals surface area contributed by atoms with Crippen LogP contribution >= 0.6 is 0 Å². The van der Waals surface area contributed by atoms with E-state index in [9.17, 15) is 19.7 Å². The van der Waals surface area contributed by atoms with Crippen LogP contribution in [0.15, 0.2) is 54.2 Å². The van der Waals surface area contributed by atoms with Crippen LogP contribution in [0.3, 0.4) is 0 Å². The molecule has 2 aliphatic rings. The number of nitro groups is 1. The van der Waals surface area contributed by atoms with Crippen LogP contribution in [0, 0.1) is 17.0 Å². The molecular weight excluding hydrogens is 396 g/mol. The van der Waals surface area contributed by atoms with Crippen LogP contribution in [0.5, 0.6) is 0 Å². The standard InChI is InChI=1S/C23H24N4O4/c1-3-26-22(28)20(17-7-9-18(10-8-17)27(30)31)21(23(26)29)25-13-11-24(12-14-25)19-6-4-5-16(2)15-19/h4-10,15H,3,11-14H2,1-2H3. The van der Waals surface area contributed by atoms with Crippen molar-refractivity contribution in [3.05, 3.63) is 75.5 Å². The Kier molecular flexibility index (Phi) is 5.46. The fraction of sp³-hybridized carbons (Fsp3) is 0.304. The first kappa shape index (κ1) is 20.6. The van der Waals surface area contributed by atoms with E-state index >= 15 is 0 Å². The molecule has 4 rings (SSSR count). The number of aryl methyl sites for hydroxylation is 1. The molecule has 0 aliphatic carbocycles. The Morgan fingerprint density at radius 1 is 0.935 bits per heavy atom. The Hall–Kier alpha value is -3.68. The van der Waals surface area contributed by atoms with Crippen LogP contribution in [-0.4, -0.2) is 59.3 Å². The first-order valence-corrected chi connectivity index (χ1v) is 10.3. The predicted octanol–water partition coefficient (Wildman–Crippen LogP) is 2.83. The number of carbonyl (C=O) groups is 2. The van der Waals surface area contributed by atoms with E-state index in [1.165, 1.54) is 22.6 Å². The summed E-state index contributed by atoms with van der Waals surface area (Å²) in [6.45, 7) is 6.78. The lowest BCUT2D eigenvalue weighted by molar-refractivity contribution is -0.384. The quantitative estimate of drug-likeness (QED) is 0.420. The Balaban J connectivity index is 1.64. The van der Waals surface area contributed by atoms with E-state index in [2.05, 4.69) is 30.0 Å². The summed E-state index contributed by atoms with van der Waals surface area (Å²) < 4.78 is 0. The molecule has 0 spiro atoms. The zero-order valence-corrected chi connectivity index (χ0v) is 17.6. The van der Waals surface area contributed by atoms with Gasteiger partial charge >= 0.3 is 0 Å². The minimum absolute atomic E-state index is 0.0539. The monoisotopic (exact) mass is 420 g/mol. The number of amides is 2. The van der Waals surface area contributed by atoms with E-state index in [4.69, 9.17) is 0 Å². The third-order valence-electron chi connectivity index (χ3n) is 5.79. The minimum Gasteiger partial charge on any atom is -0.368 e. The molecule has 1 saturated heterocycles. The van der Waals surface area contributed by atoms with Gasteiger partial charge in [0.25, 0.3) is 17.5 Å². The average molecular weight is 420 g/mol. The van der Waals surface area contributed by atoms with Gasteiger partial charge in [-0.1, -0.05) is 12.1 Å². The van der Waals surface area contributed by atoms with E-state index in [0.29, 0.717) is 29.9 Å². The van der Waals surface area contributed by atoms with Crippen molar-refractivity contribution < 1.29 is 14.5 Å². The van der Waals surface area contributed by atoms with Crippen LogP contribution in [0.25, 0.3) is 5.57 Å². The third-order valence-corrected chi connectivity index (χ3v) is 5.79. The maximum atomic E-state index is 13.1. The maximum absolute atomic E-state index is 13.1. The third kappa shape index (κ3) is 3.76. The molecule has 8 heteroatoms. The smallest absolute Gasteiger partial charge is 0.277 e. The Bertz CT molecular complexity index is 1070. The lowest BCUT2D eigenvalue weighted by Gasteiger charge is -2.37. The van der Waals surface area contributed by atoms with Gasteiger partial charge in [0.05, 0.1) is 10.5 Å². The fourth-order valence-electron chi connectivity index (χ4n) is 4.17. The van der Waals surface area contributed by atoms with Crippen LogP contribution in [-0.2, 0) is 9.59 Å². The molecular formula is C23H24N4O4. The van der Waals surface area contributed by atoms with Crippen molar-refractivity contribution >= 4 is 28.8 Å². The molecule has 0 unspecified atom stereocenters. The van der Waals surface area contributed by atoms with Gasteiger partial charge in [0.15, 0.2) is 0 Å². The molecule has 160 valence electrons. The van der Waals surface area contributed by atoms with Gasteiger partial charge in [-0.15, -0.1) is 0 Å². The molecule has 0 N–H and O–H groups in total. The maximum Gasteiger partial charge on any atom is 0.277 e. The van der Waals surface area contributed by atoms with Gasteiger partial charge in [-0.25, -0.2) is 0 Å². The highest BCUT2D eigenvalue weighted by Gasteiger charge is 2.41. The lowest BCUT2D eigenvalue weighted by Crippen LogP contribution is -2.47. The Labute approximate surface area is 180 Å². The number of imide groups is 1. The summed E-state index contributed by atoms with van der Waals surface area (Å²) in [5.74, 6) is -0.651. The molecule has 0 aromatic heterocycles.